The second kappa shape index (κ2) is 7.27. The molecule has 1 aromatic heterocycles. The monoisotopic (exact) mass is 352 g/mol. The van der Waals surface area contributed by atoms with Gasteiger partial charge < -0.3 is 9.84 Å². The van der Waals surface area contributed by atoms with E-state index in [-0.39, 0.29) is 23.4 Å². The zero-order chi connectivity index (χ0) is 17.1. The summed E-state index contributed by atoms with van der Waals surface area (Å²) in [6.45, 7) is 3.56. The third kappa shape index (κ3) is 4.10. The van der Waals surface area contributed by atoms with Crippen molar-refractivity contribution in [2.24, 2.45) is 0 Å². The number of halogens is 2. The van der Waals surface area contributed by atoms with Gasteiger partial charge in [-0.1, -0.05) is 16.8 Å². The summed E-state index contributed by atoms with van der Waals surface area (Å²) in [7, 11) is 0. The molecule has 24 heavy (non-hydrogen) atoms. The standard InChI is InChI=1S/C16H18ClFN4O2/c1-10-19-16(24-21-10)11-3-2-6-22(8-11)9-15(23)20-12-4-5-14(18)13(17)7-12/h4-5,7,11H,2-3,6,8-9H2,1H3,(H,20,23). The summed E-state index contributed by atoms with van der Waals surface area (Å²) >= 11 is 5.72. The van der Waals surface area contributed by atoms with Gasteiger partial charge in [0, 0.05) is 12.2 Å². The van der Waals surface area contributed by atoms with Crippen LogP contribution in [-0.4, -0.2) is 40.6 Å². The number of carbonyl (C=O) groups excluding carboxylic acids is 1. The Morgan fingerprint density at radius 3 is 3.08 bits per heavy atom. The lowest BCUT2D eigenvalue weighted by Crippen LogP contribution is -2.39. The van der Waals surface area contributed by atoms with Crippen molar-refractivity contribution in [2.45, 2.75) is 25.7 Å². The van der Waals surface area contributed by atoms with Crippen molar-refractivity contribution in [3.05, 3.63) is 40.8 Å². The third-order valence-electron chi connectivity index (χ3n) is 3.97. The molecule has 1 aromatic carbocycles. The van der Waals surface area contributed by atoms with Gasteiger partial charge in [0.1, 0.15) is 5.82 Å². The van der Waals surface area contributed by atoms with Gasteiger partial charge in [0.05, 0.1) is 17.5 Å². The molecule has 1 unspecified atom stereocenters. The molecule has 0 aliphatic carbocycles. The van der Waals surface area contributed by atoms with Crippen molar-refractivity contribution in [3.8, 4) is 0 Å². The number of nitrogens with one attached hydrogen (secondary N) is 1. The fourth-order valence-corrected chi connectivity index (χ4v) is 3.04. The van der Waals surface area contributed by atoms with Crippen molar-refractivity contribution in [3.63, 3.8) is 0 Å². The number of hydrogen-bond acceptors (Lipinski definition) is 5. The number of nitrogens with zero attached hydrogens (tertiary/aromatic N) is 3. The highest BCUT2D eigenvalue weighted by atomic mass is 35.5. The van der Waals surface area contributed by atoms with E-state index in [9.17, 15) is 9.18 Å². The summed E-state index contributed by atoms with van der Waals surface area (Å²) in [5.41, 5.74) is 0.479. The number of aryl methyl sites for hydroxylation is 1. The van der Waals surface area contributed by atoms with Crippen LogP contribution >= 0.6 is 11.6 Å². The van der Waals surface area contributed by atoms with Gasteiger partial charge in [0.2, 0.25) is 11.8 Å². The predicted octanol–water partition coefficient (Wildman–Crippen LogP) is 2.99. The highest BCUT2D eigenvalue weighted by molar-refractivity contribution is 6.31. The van der Waals surface area contributed by atoms with E-state index in [2.05, 4.69) is 15.5 Å². The smallest absolute Gasteiger partial charge is 0.238 e. The van der Waals surface area contributed by atoms with Crippen LogP contribution in [-0.2, 0) is 4.79 Å². The minimum Gasteiger partial charge on any atom is -0.339 e. The molecule has 128 valence electrons. The summed E-state index contributed by atoms with van der Waals surface area (Å²) in [6.07, 6.45) is 1.93. The number of anilines is 1. The Kier molecular flexibility index (Phi) is 5.11. The normalized spacial score (nSPS) is 18.5. The molecule has 1 saturated heterocycles. The molecule has 1 aliphatic heterocycles. The number of carbonyl (C=O) groups is 1. The van der Waals surface area contributed by atoms with Crippen LogP contribution in [0.2, 0.25) is 5.02 Å². The first-order valence-electron chi connectivity index (χ1n) is 7.79. The number of likely N-dealkylation sites (tertiary alicyclic amines) is 1. The van der Waals surface area contributed by atoms with Crippen molar-refractivity contribution in [2.75, 3.05) is 25.0 Å². The number of amides is 1. The number of piperidine rings is 1. The predicted molar refractivity (Wildman–Crippen MR) is 87.5 cm³/mol. The molecular formula is C16H18ClFN4O2. The van der Waals surface area contributed by atoms with E-state index in [0.717, 1.165) is 19.4 Å². The van der Waals surface area contributed by atoms with Crippen LogP contribution in [0.1, 0.15) is 30.5 Å². The SMILES string of the molecule is Cc1noc(C2CCCN(CC(=O)Nc3ccc(F)c(Cl)c3)C2)n1. The average molecular weight is 353 g/mol. The van der Waals surface area contributed by atoms with Crippen LogP contribution in [0.3, 0.4) is 0 Å². The van der Waals surface area contributed by atoms with Crippen LogP contribution in [0.15, 0.2) is 22.7 Å². The fraction of sp³-hybridized carbons (Fsp3) is 0.438. The summed E-state index contributed by atoms with van der Waals surface area (Å²) in [5, 5.41) is 6.54. The molecule has 1 N–H and O–H groups in total. The highest BCUT2D eigenvalue weighted by Gasteiger charge is 2.26. The fourth-order valence-electron chi connectivity index (χ4n) is 2.86. The maximum absolute atomic E-state index is 13.1. The molecule has 2 heterocycles. The molecule has 0 saturated carbocycles. The maximum atomic E-state index is 13.1. The number of rotatable bonds is 4. The minimum atomic E-state index is -0.511. The number of hydrogen-bond donors (Lipinski definition) is 1. The van der Waals surface area contributed by atoms with E-state index in [0.29, 0.717) is 23.9 Å². The molecule has 1 fully saturated rings. The number of benzene rings is 1. The quantitative estimate of drug-likeness (QED) is 0.915. The molecule has 2 aromatic rings. The molecule has 8 heteroatoms. The lowest BCUT2D eigenvalue weighted by molar-refractivity contribution is -0.117. The Morgan fingerprint density at radius 1 is 1.54 bits per heavy atom. The van der Waals surface area contributed by atoms with Gasteiger partial charge in [-0.15, -0.1) is 0 Å². The number of aromatic nitrogens is 2. The Balaban J connectivity index is 1.56. The van der Waals surface area contributed by atoms with Gasteiger partial charge in [-0.05, 0) is 44.5 Å². The van der Waals surface area contributed by atoms with Crippen molar-refractivity contribution in [1.29, 1.82) is 0 Å². The van der Waals surface area contributed by atoms with Gasteiger partial charge in [-0.3, -0.25) is 9.69 Å². The van der Waals surface area contributed by atoms with Crippen LogP contribution in [0, 0.1) is 12.7 Å². The Morgan fingerprint density at radius 2 is 2.38 bits per heavy atom. The van der Waals surface area contributed by atoms with Crippen molar-refractivity contribution in [1.82, 2.24) is 15.0 Å². The molecule has 1 atom stereocenters. The molecule has 1 aliphatic rings. The van der Waals surface area contributed by atoms with Gasteiger partial charge >= 0.3 is 0 Å². The lowest BCUT2D eigenvalue weighted by Gasteiger charge is -2.30. The van der Waals surface area contributed by atoms with E-state index in [4.69, 9.17) is 16.1 Å². The van der Waals surface area contributed by atoms with Crippen molar-refractivity contribution < 1.29 is 13.7 Å². The molecule has 0 radical (unpaired) electrons. The van der Waals surface area contributed by atoms with Gasteiger partial charge in [-0.2, -0.15) is 4.98 Å². The van der Waals surface area contributed by atoms with E-state index >= 15 is 0 Å². The molecule has 0 bridgehead atoms. The lowest BCUT2D eigenvalue weighted by atomic mass is 9.98. The molecule has 6 nitrogen and oxygen atoms in total. The second-order valence-corrected chi connectivity index (χ2v) is 6.34. The van der Waals surface area contributed by atoms with E-state index in [1.165, 1.54) is 18.2 Å². The third-order valence-corrected chi connectivity index (χ3v) is 4.26. The largest absolute Gasteiger partial charge is 0.339 e. The Bertz CT molecular complexity index is 737. The van der Waals surface area contributed by atoms with Crippen molar-refractivity contribution >= 4 is 23.2 Å². The zero-order valence-corrected chi connectivity index (χ0v) is 14.0. The van der Waals surface area contributed by atoms with Crippen LogP contribution < -0.4 is 5.32 Å². The first kappa shape index (κ1) is 16.9. The summed E-state index contributed by atoms with van der Waals surface area (Å²) in [6, 6.07) is 4.11. The first-order valence-corrected chi connectivity index (χ1v) is 8.16. The maximum Gasteiger partial charge on any atom is 0.238 e. The molecule has 1 amide bonds. The van der Waals surface area contributed by atoms with E-state index in [1.807, 2.05) is 4.90 Å². The Labute approximate surface area is 144 Å². The van der Waals surface area contributed by atoms with Gasteiger partial charge in [0.25, 0.3) is 0 Å². The average Bonchev–Trinajstić information content (AvgIpc) is 2.98. The Hall–Kier alpha value is -1.99. The topological polar surface area (TPSA) is 71.3 Å². The zero-order valence-electron chi connectivity index (χ0n) is 13.3. The van der Waals surface area contributed by atoms with E-state index in [1.54, 1.807) is 6.92 Å². The first-order chi connectivity index (χ1) is 11.5. The second-order valence-electron chi connectivity index (χ2n) is 5.93. The minimum absolute atomic E-state index is 0.0161. The van der Waals surface area contributed by atoms with Crippen LogP contribution in [0.25, 0.3) is 0 Å². The van der Waals surface area contributed by atoms with E-state index < -0.39 is 5.82 Å². The summed E-state index contributed by atoms with van der Waals surface area (Å²) in [5.74, 6) is 0.715. The summed E-state index contributed by atoms with van der Waals surface area (Å²) < 4.78 is 18.4. The molecular weight excluding hydrogens is 335 g/mol. The van der Waals surface area contributed by atoms with Gasteiger partial charge in [-0.25, -0.2) is 4.39 Å². The van der Waals surface area contributed by atoms with Crippen LogP contribution in [0.4, 0.5) is 10.1 Å². The van der Waals surface area contributed by atoms with Gasteiger partial charge in [0.15, 0.2) is 5.82 Å². The summed E-state index contributed by atoms with van der Waals surface area (Å²) in [4.78, 5) is 18.5. The highest BCUT2D eigenvalue weighted by Crippen LogP contribution is 2.25. The van der Waals surface area contributed by atoms with Crippen LogP contribution in [0.5, 0.6) is 0 Å². The molecule has 0 spiro atoms. The molecule has 3 rings (SSSR count).